The second-order valence-corrected chi connectivity index (χ2v) is 7.88. The van der Waals surface area contributed by atoms with E-state index in [0.29, 0.717) is 42.6 Å². The predicted molar refractivity (Wildman–Crippen MR) is 116 cm³/mol. The minimum Gasteiger partial charge on any atom is -0.373 e. The summed E-state index contributed by atoms with van der Waals surface area (Å²) in [5, 5.41) is 3.71. The molecule has 1 saturated carbocycles. The first-order chi connectivity index (χ1) is 14.7. The van der Waals surface area contributed by atoms with E-state index in [9.17, 15) is 9.59 Å². The number of aromatic nitrogens is 2. The Bertz CT molecular complexity index is 1050. The summed E-state index contributed by atoms with van der Waals surface area (Å²) in [6.45, 7) is 0.614. The number of benzene rings is 2. The number of carbonyl (C=O) groups is 1. The zero-order valence-corrected chi connectivity index (χ0v) is 17.0. The highest BCUT2D eigenvalue weighted by molar-refractivity contribution is 5.77. The van der Waals surface area contributed by atoms with Gasteiger partial charge in [-0.1, -0.05) is 42.5 Å². The number of para-hydroxylation sites is 1. The largest absolute Gasteiger partial charge is 0.373 e. The number of rotatable bonds is 8. The molecule has 30 heavy (non-hydrogen) atoms. The van der Waals surface area contributed by atoms with Crippen LogP contribution in [0.1, 0.15) is 43.5 Å². The lowest BCUT2D eigenvalue weighted by Gasteiger charge is -2.14. The number of nitrogens with zero attached hydrogens (tertiary/aromatic N) is 1. The van der Waals surface area contributed by atoms with Crippen LogP contribution in [0.15, 0.2) is 59.4 Å². The Morgan fingerprint density at radius 1 is 1.10 bits per heavy atom. The molecule has 1 amide bonds. The highest BCUT2D eigenvalue weighted by atomic mass is 16.5. The Kier molecular flexibility index (Phi) is 6.54. The molecule has 2 unspecified atom stereocenters. The molecule has 0 saturated heterocycles. The number of aryl methyl sites for hydroxylation is 1. The summed E-state index contributed by atoms with van der Waals surface area (Å²) in [5.41, 5.74) is 1.73. The number of H-pyrrole nitrogens is 1. The number of fused-ring (bicyclic) bond motifs is 1. The first-order valence-corrected chi connectivity index (χ1v) is 10.6. The maximum Gasteiger partial charge on any atom is 0.258 e. The lowest BCUT2D eigenvalue weighted by Crippen LogP contribution is -2.33. The van der Waals surface area contributed by atoms with Crippen molar-refractivity contribution < 1.29 is 9.53 Å². The van der Waals surface area contributed by atoms with Gasteiger partial charge in [-0.3, -0.25) is 9.59 Å². The van der Waals surface area contributed by atoms with Gasteiger partial charge in [-0.2, -0.15) is 0 Å². The molecule has 1 aliphatic rings. The zero-order chi connectivity index (χ0) is 20.8. The first kappa shape index (κ1) is 20.3. The standard InChI is InChI=1S/C24H27N3O3/c28-23(12-6-11-22-26-21-10-5-4-9-20(21)24(29)27-22)25-18-13-14-19(15-18)30-16-17-7-2-1-3-8-17/h1-5,7-10,18-19H,6,11-16H2,(H,25,28)(H,26,27,29). The van der Waals surface area contributed by atoms with E-state index in [1.165, 1.54) is 5.56 Å². The second kappa shape index (κ2) is 9.67. The zero-order valence-electron chi connectivity index (χ0n) is 17.0. The van der Waals surface area contributed by atoms with Crippen LogP contribution in [-0.4, -0.2) is 28.0 Å². The summed E-state index contributed by atoms with van der Waals surface area (Å²) in [7, 11) is 0. The first-order valence-electron chi connectivity index (χ1n) is 10.6. The van der Waals surface area contributed by atoms with E-state index in [1.807, 2.05) is 36.4 Å². The fourth-order valence-corrected chi connectivity index (χ4v) is 3.98. The molecular formula is C24H27N3O3. The van der Waals surface area contributed by atoms with Crippen molar-refractivity contribution in [1.82, 2.24) is 15.3 Å². The molecule has 1 aliphatic carbocycles. The maximum atomic E-state index is 12.3. The Morgan fingerprint density at radius 3 is 2.77 bits per heavy atom. The van der Waals surface area contributed by atoms with Gasteiger partial charge in [0.15, 0.2) is 0 Å². The van der Waals surface area contributed by atoms with Crippen molar-refractivity contribution in [2.75, 3.05) is 0 Å². The predicted octanol–water partition coefficient (Wildman–Crippen LogP) is 3.50. The molecule has 4 rings (SSSR count). The molecule has 1 heterocycles. The van der Waals surface area contributed by atoms with Gasteiger partial charge in [0.05, 0.1) is 23.6 Å². The lowest BCUT2D eigenvalue weighted by molar-refractivity contribution is -0.121. The van der Waals surface area contributed by atoms with Crippen LogP contribution >= 0.6 is 0 Å². The number of aromatic amines is 1. The van der Waals surface area contributed by atoms with Gasteiger partial charge >= 0.3 is 0 Å². The Balaban J connectivity index is 1.19. The number of carbonyl (C=O) groups excluding carboxylic acids is 1. The number of ether oxygens (including phenoxy) is 1. The van der Waals surface area contributed by atoms with E-state index in [-0.39, 0.29) is 23.6 Å². The van der Waals surface area contributed by atoms with Gasteiger partial charge in [0.2, 0.25) is 5.91 Å². The van der Waals surface area contributed by atoms with Crippen molar-refractivity contribution in [3.8, 4) is 0 Å². The number of hydrogen-bond acceptors (Lipinski definition) is 4. The Labute approximate surface area is 175 Å². The molecule has 0 aliphatic heterocycles. The van der Waals surface area contributed by atoms with Crippen molar-refractivity contribution in [1.29, 1.82) is 0 Å². The van der Waals surface area contributed by atoms with Crippen molar-refractivity contribution in [3.63, 3.8) is 0 Å². The monoisotopic (exact) mass is 405 g/mol. The minimum absolute atomic E-state index is 0.0480. The van der Waals surface area contributed by atoms with Gasteiger partial charge in [-0.25, -0.2) is 4.98 Å². The van der Waals surface area contributed by atoms with E-state index in [2.05, 4.69) is 27.4 Å². The molecule has 0 radical (unpaired) electrons. The topological polar surface area (TPSA) is 84.1 Å². The smallest absolute Gasteiger partial charge is 0.258 e. The third kappa shape index (κ3) is 5.33. The van der Waals surface area contributed by atoms with E-state index < -0.39 is 0 Å². The molecule has 2 atom stereocenters. The third-order valence-corrected chi connectivity index (χ3v) is 5.56. The van der Waals surface area contributed by atoms with Crippen LogP contribution < -0.4 is 10.9 Å². The van der Waals surface area contributed by atoms with Gasteiger partial charge in [0.25, 0.3) is 5.56 Å². The summed E-state index contributed by atoms with van der Waals surface area (Å²) in [6.07, 6.45) is 4.61. The summed E-state index contributed by atoms with van der Waals surface area (Å²) < 4.78 is 5.99. The number of hydrogen-bond donors (Lipinski definition) is 2. The van der Waals surface area contributed by atoms with E-state index in [1.54, 1.807) is 6.07 Å². The molecule has 6 nitrogen and oxygen atoms in total. The summed E-state index contributed by atoms with van der Waals surface area (Å²) in [5.74, 6) is 0.675. The maximum absolute atomic E-state index is 12.3. The van der Waals surface area contributed by atoms with Crippen LogP contribution in [0.3, 0.4) is 0 Å². The highest BCUT2D eigenvalue weighted by Crippen LogP contribution is 2.23. The fraction of sp³-hybridized carbons (Fsp3) is 0.375. The molecule has 0 bridgehead atoms. The molecule has 156 valence electrons. The molecule has 2 N–H and O–H groups in total. The molecule has 6 heteroatoms. The van der Waals surface area contributed by atoms with Gasteiger partial charge < -0.3 is 15.0 Å². The molecule has 0 spiro atoms. The van der Waals surface area contributed by atoms with Crippen molar-refractivity contribution >= 4 is 16.8 Å². The van der Waals surface area contributed by atoms with Crippen molar-refractivity contribution in [2.24, 2.45) is 0 Å². The normalized spacial score (nSPS) is 18.5. The van der Waals surface area contributed by atoms with Crippen LogP contribution in [0.5, 0.6) is 0 Å². The van der Waals surface area contributed by atoms with Crippen LogP contribution in [0, 0.1) is 0 Å². The quantitative estimate of drug-likeness (QED) is 0.601. The van der Waals surface area contributed by atoms with Gasteiger partial charge in [-0.15, -0.1) is 0 Å². The van der Waals surface area contributed by atoms with Crippen LogP contribution in [0.4, 0.5) is 0 Å². The average Bonchev–Trinajstić information content (AvgIpc) is 3.20. The Hall–Kier alpha value is -2.99. The van der Waals surface area contributed by atoms with Crippen molar-refractivity contribution in [2.45, 2.75) is 57.3 Å². The molecule has 1 fully saturated rings. The van der Waals surface area contributed by atoms with E-state index in [4.69, 9.17) is 4.74 Å². The van der Waals surface area contributed by atoms with Crippen LogP contribution in [0.25, 0.3) is 10.9 Å². The summed E-state index contributed by atoms with van der Waals surface area (Å²) >= 11 is 0. The Morgan fingerprint density at radius 2 is 1.90 bits per heavy atom. The molecular weight excluding hydrogens is 378 g/mol. The third-order valence-electron chi connectivity index (χ3n) is 5.56. The molecule has 3 aromatic rings. The SMILES string of the molecule is O=C(CCCc1nc2ccccc2c(=O)[nH]1)NC1CCC(OCc2ccccc2)C1. The van der Waals surface area contributed by atoms with E-state index >= 15 is 0 Å². The van der Waals surface area contributed by atoms with Gasteiger partial charge in [0, 0.05) is 18.9 Å². The number of amides is 1. The summed E-state index contributed by atoms with van der Waals surface area (Å²) in [4.78, 5) is 31.7. The number of nitrogens with one attached hydrogen (secondary N) is 2. The summed E-state index contributed by atoms with van der Waals surface area (Å²) in [6, 6.07) is 17.6. The van der Waals surface area contributed by atoms with Gasteiger partial charge in [-0.05, 0) is 43.4 Å². The van der Waals surface area contributed by atoms with Crippen LogP contribution in [0.2, 0.25) is 0 Å². The van der Waals surface area contributed by atoms with Crippen molar-refractivity contribution in [3.05, 3.63) is 76.3 Å². The van der Waals surface area contributed by atoms with E-state index in [0.717, 1.165) is 19.3 Å². The highest BCUT2D eigenvalue weighted by Gasteiger charge is 2.26. The minimum atomic E-state index is -0.132. The lowest BCUT2D eigenvalue weighted by atomic mass is 10.2. The average molecular weight is 405 g/mol. The van der Waals surface area contributed by atoms with Crippen LogP contribution in [-0.2, 0) is 22.6 Å². The second-order valence-electron chi connectivity index (χ2n) is 7.88. The molecule has 2 aromatic carbocycles. The fourth-order valence-electron chi connectivity index (χ4n) is 3.98. The van der Waals surface area contributed by atoms with Gasteiger partial charge in [0.1, 0.15) is 5.82 Å². The molecule has 1 aromatic heterocycles.